The summed E-state index contributed by atoms with van der Waals surface area (Å²) in [6.45, 7) is 0. The number of fused-ring (bicyclic) bond motifs is 2. The van der Waals surface area contributed by atoms with E-state index in [0.29, 0.717) is 11.3 Å². The monoisotopic (exact) mass is 354 g/mol. The first kappa shape index (κ1) is 15.5. The van der Waals surface area contributed by atoms with Crippen LogP contribution in [-0.2, 0) is 4.79 Å². The third-order valence-corrected chi connectivity index (χ3v) is 4.47. The van der Waals surface area contributed by atoms with Crippen molar-refractivity contribution in [3.63, 3.8) is 0 Å². The molecule has 5 nitrogen and oxygen atoms in total. The van der Waals surface area contributed by atoms with E-state index in [0.717, 1.165) is 6.07 Å². The van der Waals surface area contributed by atoms with Gasteiger partial charge < -0.3 is 15.7 Å². The first-order valence-electron chi connectivity index (χ1n) is 7.46. The van der Waals surface area contributed by atoms with Crippen LogP contribution in [0.3, 0.4) is 0 Å². The summed E-state index contributed by atoms with van der Waals surface area (Å²) in [6, 6.07) is 9.22. The molecule has 0 spiro atoms. The highest BCUT2D eigenvalue weighted by atomic mass is 32.1. The largest absolute Gasteiger partial charge is 0.508 e. The Bertz CT molecular complexity index is 1000. The maximum atomic E-state index is 14.3. The first-order chi connectivity index (χ1) is 12.0. The highest BCUT2D eigenvalue weighted by molar-refractivity contribution is 7.80. The van der Waals surface area contributed by atoms with Crippen LogP contribution in [0, 0.1) is 5.82 Å². The molecule has 0 aromatic heterocycles. The lowest BCUT2D eigenvalue weighted by Crippen LogP contribution is -2.47. The Morgan fingerprint density at radius 1 is 1.04 bits per heavy atom. The predicted octanol–water partition coefficient (Wildman–Crippen LogP) is 2.23. The van der Waals surface area contributed by atoms with Crippen molar-refractivity contribution in [2.75, 3.05) is 0 Å². The van der Waals surface area contributed by atoms with Crippen molar-refractivity contribution in [1.82, 2.24) is 10.6 Å². The van der Waals surface area contributed by atoms with Gasteiger partial charge in [-0.1, -0.05) is 24.3 Å². The van der Waals surface area contributed by atoms with Gasteiger partial charge in [-0.3, -0.25) is 9.59 Å². The number of nitrogens with one attached hydrogen (secondary N) is 2. The van der Waals surface area contributed by atoms with Crippen LogP contribution in [0.2, 0.25) is 0 Å². The van der Waals surface area contributed by atoms with Gasteiger partial charge in [0.2, 0.25) is 11.6 Å². The Balaban J connectivity index is 1.99. The molecule has 0 bridgehead atoms. The molecule has 0 amide bonds. The molecule has 1 aliphatic carbocycles. The van der Waals surface area contributed by atoms with Crippen molar-refractivity contribution in [2.24, 2.45) is 0 Å². The van der Waals surface area contributed by atoms with Crippen molar-refractivity contribution in [3.05, 3.63) is 70.5 Å². The van der Waals surface area contributed by atoms with Gasteiger partial charge in [-0.25, -0.2) is 4.39 Å². The Morgan fingerprint density at radius 3 is 2.52 bits per heavy atom. The smallest absolute Gasteiger partial charge is 0.234 e. The van der Waals surface area contributed by atoms with Gasteiger partial charge in [-0.2, -0.15) is 0 Å². The molecule has 1 unspecified atom stereocenters. The van der Waals surface area contributed by atoms with Crippen LogP contribution < -0.4 is 10.6 Å². The number of phenols is 1. The van der Waals surface area contributed by atoms with Gasteiger partial charge in [0.1, 0.15) is 11.6 Å². The molecule has 0 saturated heterocycles. The Morgan fingerprint density at radius 2 is 1.76 bits per heavy atom. The lowest BCUT2D eigenvalue weighted by Gasteiger charge is -2.34. The molecule has 1 atom stereocenters. The topological polar surface area (TPSA) is 78.4 Å². The predicted molar refractivity (Wildman–Crippen MR) is 92.4 cm³/mol. The SMILES string of the molecule is O=C1C(=O)c2ccccc2C2=C1C(c1cc(O)ccc1F)NC(=S)N2. The summed E-state index contributed by atoms with van der Waals surface area (Å²) in [7, 11) is 0. The number of thiocarbonyl (C=S) groups is 1. The molecule has 7 heteroatoms. The van der Waals surface area contributed by atoms with Crippen LogP contribution in [-0.4, -0.2) is 21.8 Å². The molecule has 4 rings (SSSR count). The lowest BCUT2D eigenvalue weighted by molar-refractivity contribution is -0.112. The summed E-state index contributed by atoms with van der Waals surface area (Å²) >= 11 is 5.19. The molecular weight excluding hydrogens is 343 g/mol. The number of halogens is 1. The lowest BCUT2D eigenvalue weighted by atomic mass is 9.81. The fourth-order valence-corrected chi connectivity index (χ4v) is 3.37. The third-order valence-electron chi connectivity index (χ3n) is 4.25. The van der Waals surface area contributed by atoms with Crippen LogP contribution in [0.5, 0.6) is 5.75 Å². The molecule has 2 aromatic rings. The van der Waals surface area contributed by atoms with Crippen LogP contribution >= 0.6 is 12.2 Å². The van der Waals surface area contributed by atoms with E-state index in [4.69, 9.17) is 12.2 Å². The maximum Gasteiger partial charge on any atom is 0.234 e. The number of carbonyl (C=O) groups is 2. The number of aromatic hydroxyl groups is 1. The fraction of sp³-hybridized carbons (Fsp3) is 0.0556. The molecule has 2 aliphatic rings. The van der Waals surface area contributed by atoms with Crippen molar-refractivity contribution in [1.29, 1.82) is 0 Å². The number of hydrogen-bond acceptors (Lipinski definition) is 4. The average molecular weight is 354 g/mol. The summed E-state index contributed by atoms with van der Waals surface area (Å²) < 4.78 is 14.3. The van der Waals surface area contributed by atoms with Crippen molar-refractivity contribution in [3.8, 4) is 5.75 Å². The number of Topliss-reactive ketones (excluding diaryl/α,β-unsaturated/α-hetero) is 2. The summed E-state index contributed by atoms with van der Waals surface area (Å²) in [6.07, 6.45) is 0. The zero-order chi connectivity index (χ0) is 17.7. The number of hydrogen-bond donors (Lipinski definition) is 3. The molecule has 0 saturated carbocycles. The van der Waals surface area contributed by atoms with Crippen molar-refractivity contribution < 1.29 is 19.1 Å². The quantitative estimate of drug-likeness (QED) is 0.538. The number of phenolic OH excluding ortho intramolecular Hbond substituents is 1. The molecule has 1 aliphatic heterocycles. The minimum absolute atomic E-state index is 0.0388. The summed E-state index contributed by atoms with van der Waals surface area (Å²) in [5.74, 6) is -2.16. The van der Waals surface area contributed by atoms with Gasteiger partial charge in [0.05, 0.1) is 17.3 Å². The molecule has 25 heavy (non-hydrogen) atoms. The van der Waals surface area contributed by atoms with E-state index in [1.54, 1.807) is 24.3 Å². The van der Waals surface area contributed by atoms with Crippen LogP contribution in [0.1, 0.15) is 27.5 Å². The minimum Gasteiger partial charge on any atom is -0.508 e. The second-order valence-electron chi connectivity index (χ2n) is 5.73. The Kier molecular flexibility index (Phi) is 3.40. The zero-order valence-electron chi connectivity index (χ0n) is 12.7. The standard InChI is InChI=1S/C18H11FN2O3S/c19-12-6-5-8(22)7-11(12)15-13-14(20-18(25)21-15)9-3-1-2-4-10(9)16(23)17(13)24/h1-7,15,22H,(H2,20,21,25). The second kappa shape index (κ2) is 5.49. The van der Waals surface area contributed by atoms with E-state index in [9.17, 15) is 19.1 Å². The minimum atomic E-state index is -0.972. The van der Waals surface area contributed by atoms with Gasteiger partial charge in [0, 0.05) is 16.7 Å². The van der Waals surface area contributed by atoms with Gasteiger partial charge in [0.15, 0.2) is 5.11 Å². The highest BCUT2D eigenvalue weighted by Gasteiger charge is 2.41. The maximum absolute atomic E-state index is 14.3. The number of rotatable bonds is 1. The second-order valence-corrected chi connectivity index (χ2v) is 6.14. The van der Waals surface area contributed by atoms with Crippen LogP contribution in [0.4, 0.5) is 4.39 Å². The molecule has 0 fully saturated rings. The summed E-state index contributed by atoms with van der Waals surface area (Å²) in [5, 5.41) is 15.6. The van der Waals surface area contributed by atoms with Crippen LogP contribution in [0.15, 0.2) is 48.0 Å². The summed E-state index contributed by atoms with van der Waals surface area (Å²) in [5.41, 5.74) is 1.32. The molecular formula is C18H11FN2O3S. The van der Waals surface area contributed by atoms with E-state index in [2.05, 4.69) is 10.6 Å². The number of benzene rings is 2. The van der Waals surface area contributed by atoms with Crippen LogP contribution in [0.25, 0.3) is 5.70 Å². The fourth-order valence-electron chi connectivity index (χ4n) is 3.15. The van der Waals surface area contributed by atoms with Gasteiger partial charge in [-0.15, -0.1) is 0 Å². The number of ketones is 2. The third kappa shape index (κ3) is 2.32. The Labute approximate surface area is 147 Å². The molecule has 3 N–H and O–H groups in total. The van der Waals surface area contributed by atoms with Crippen molar-refractivity contribution >= 4 is 34.6 Å². The molecule has 1 heterocycles. The number of carbonyl (C=O) groups excluding carboxylic acids is 2. The first-order valence-corrected chi connectivity index (χ1v) is 7.86. The van der Waals surface area contributed by atoms with E-state index in [1.807, 2.05) is 0 Å². The van der Waals surface area contributed by atoms with E-state index in [-0.39, 0.29) is 27.6 Å². The van der Waals surface area contributed by atoms with E-state index < -0.39 is 23.4 Å². The zero-order valence-corrected chi connectivity index (χ0v) is 13.5. The van der Waals surface area contributed by atoms with Gasteiger partial charge in [-0.05, 0) is 30.4 Å². The van der Waals surface area contributed by atoms with Gasteiger partial charge in [0.25, 0.3) is 0 Å². The highest BCUT2D eigenvalue weighted by Crippen LogP contribution is 2.38. The molecule has 124 valence electrons. The molecule has 0 radical (unpaired) electrons. The normalized spacial score (nSPS) is 19.1. The average Bonchev–Trinajstić information content (AvgIpc) is 2.61. The van der Waals surface area contributed by atoms with Crippen molar-refractivity contribution in [2.45, 2.75) is 6.04 Å². The summed E-state index contributed by atoms with van der Waals surface area (Å²) in [4.78, 5) is 25.2. The van der Waals surface area contributed by atoms with E-state index in [1.165, 1.54) is 12.1 Å². The van der Waals surface area contributed by atoms with Gasteiger partial charge >= 0.3 is 0 Å². The Hall–Kier alpha value is -3.06. The van der Waals surface area contributed by atoms with E-state index >= 15 is 0 Å². The molecule has 2 aromatic carbocycles.